The number of halogens is 1. The average Bonchev–Trinajstić information content (AvgIpc) is 2.48. The highest BCUT2D eigenvalue weighted by molar-refractivity contribution is 5.59. The van der Waals surface area contributed by atoms with E-state index in [1.54, 1.807) is 12.1 Å². The summed E-state index contributed by atoms with van der Waals surface area (Å²) >= 11 is 0. The molecule has 2 nitrogen and oxygen atoms in total. The van der Waals surface area contributed by atoms with Gasteiger partial charge in [0, 0.05) is 0 Å². The minimum atomic E-state index is -0.471. The van der Waals surface area contributed by atoms with Crippen molar-refractivity contribution >= 4 is 5.69 Å². The van der Waals surface area contributed by atoms with Gasteiger partial charge in [-0.2, -0.15) is 5.26 Å². The van der Waals surface area contributed by atoms with E-state index in [0.29, 0.717) is 5.69 Å². The smallest absolute Gasteiger partial charge is 0.143 e. The molecule has 0 spiro atoms. The lowest BCUT2D eigenvalue weighted by atomic mass is 9.87. The second-order valence-electron chi connectivity index (χ2n) is 5.06. The van der Waals surface area contributed by atoms with Crippen LogP contribution in [0.1, 0.15) is 35.6 Å². The molecular formula is C17H15FN2. The molecule has 0 heterocycles. The number of aryl methyl sites for hydroxylation is 1. The van der Waals surface area contributed by atoms with Crippen LogP contribution in [0.3, 0.4) is 0 Å². The van der Waals surface area contributed by atoms with E-state index in [-0.39, 0.29) is 11.6 Å². The van der Waals surface area contributed by atoms with Gasteiger partial charge in [-0.25, -0.2) is 4.39 Å². The third-order valence-corrected chi connectivity index (χ3v) is 3.82. The van der Waals surface area contributed by atoms with Crippen molar-refractivity contribution in [2.45, 2.75) is 25.3 Å². The molecule has 3 heteroatoms. The predicted octanol–water partition coefficient (Wildman–Crippen LogP) is 4.19. The quantitative estimate of drug-likeness (QED) is 0.884. The second-order valence-corrected chi connectivity index (χ2v) is 5.06. The zero-order valence-corrected chi connectivity index (χ0v) is 11.1. The van der Waals surface area contributed by atoms with Gasteiger partial charge in [0.1, 0.15) is 17.4 Å². The second kappa shape index (κ2) is 5.34. The fourth-order valence-corrected chi connectivity index (χ4v) is 2.85. The third-order valence-electron chi connectivity index (χ3n) is 3.82. The molecule has 1 atom stereocenters. The summed E-state index contributed by atoms with van der Waals surface area (Å²) in [6, 6.07) is 15.1. The summed E-state index contributed by atoms with van der Waals surface area (Å²) in [5.74, 6) is -0.471. The lowest BCUT2D eigenvalue weighted by molar-refractivity contribution is 0.597. The van der Waals surface area contributed by atoms with Gasteiger partial charge in [0.2, 0.25) is 0 Å². The van der Waals surface area contributed by atoms with Crippen LogP contribution >= 0.6 is 0 Å². The molecule has 1 unspecified atom stereocenters. The molecule has 0 bridgehead atoms. The van der Waals surface area contributed by atoms with E-state index < -0.39 is 5.82 Å². The minimum Gasteiger partial charge on any atom is -0.377 e. The lowest BCUT2D eigenvalue weighted by Crippen LogP contribution is -2.18. The molecule has 1 aliphatic carbocycles. The van der Waals surface area contributed by atoms with Crippen LogP contribution in [0, 0.1) is 17.1 Å². The molecule has 0 aromatic heterocycles. The molecule has 1 N–H and O–H groups in total. The van der Waals surface area contributed by atoms with E-state index in [4.69, 9.17) is 5.26 Å². The van der Waals surface area contributed by atoms with Crippen molar-refractivity contribution in [1.82, 2.24) is 0 Å². The number of nitrogens with one attached hydrogen (secondary N) is 1. The van der Waals surface area contributed by atoms with Crippen LogP contribution in [0.15, 0.2) is 42.5 Å². The SMILES string of the molecule is N#Cc1c(F)cccc1NC1CCCc2ccccc21. The van der Waals surface area contributed by atoms with Gasteiger partial charge in [0.15, 0.2) is 0 Å². The van der Waals surface area contributed by atoms with Gasteiger partial charge in [-0.05, 0) is 42.5 Å². The highest BCUT2D eigenvalue weighted by Crippen LogP contribution is 2.33. The molecule has 20 heavy (non-hydrogen) atoms. The summed E-state index contributed by atoms with van der Waals surface area (Å²) in [4.78, 5) is 0. The van der Waals surface area contributed by atoms with Crippen molar-refractivity contribution < 1.29 is 4.39 Å². The monoisotopic (exact) mass is 266 g/mol. The first-order valence-electron chi connectivity index (χ1n) is 6.82. The van der Waals surface area contributed by atoms with E-state index in [1.165, 1.54) is 17.2 Å². The van der Waals surface area contributed by atoms with E-state index >= 15 is 0 Å². The molecule has 2 aromatic carbocycles. The summed E-state index contributed by atoms with van der Waals surface area (Å²) in [5, 5.41) is 12.4. The fraction of sp³-hybridized carbons (Fsp3) is 0.235. The molecule has 0 amide bonds. The van der Waals surface area contributed by atoms with Gasteiger partial charge < -0.3 is 5.32 Å². The summed E-state index contributed by atoms with van der Waals surface area (Å²) in [5.41, 5.74) is 3.27. The maximum atomic E-state index is 13.6. The molecule has 0 saturated carbocycles. The maximum absolute atomic E-state index is 13.6. The maximum Gasteiger partial charge on any atom is 0.143 e. The number of benzene rings is 2. The molecule has 2 aromatic rings. The molecule has 1 aliphatic rings. The molecular weight excluding hydrogens is 251 g/mol. The number of nitriles is 1. The fourth-order valence-electron chi connectivity index (χ4n) is 2.85. The van der Waals surface area contributed by atoms with Crippen LogP contribution in [-0.2, 0) is 6.42 Å². The molecule has 0 fully saturated rings. The number of hydrogen-bond acceptors (Lipinski definition) is 2. The third kappa shape index (κ3) is 2.25. The van der Waals surface area contributed by atoms with Crippen LogP contribution in [-0.4, -0.2) is 0 Å². The van der Waals surface area contributed by atoms with E-state index in [1.807, 2.05) is 18.2 Å². The Labute approximate surface area is 117 Å². The van der Waals surface area contributed by atoms with E-state index in [0.717, 1.165) is 19.3 Å². The van der Waals surface area contributed by atoms with Gasteiger partial charge in [-0.15, -0.1) is 0 Å². The Bertz CT molecular complexity index is 673. The van der Waals surface area contributed by atoms with Crippen molar-refractivity contribution in [1.29, 1.82) is 5.26 Å². The first-order valence-corrected chi connectivity index (χ1v) is 6.82. The van der Waals surface area contributed by atoms with Crippen molar-refractivity contribution in [3.63, 3.8) is 0 Å². The van der Waals surface area contributed by atoms with Gasteiger partial charge >= 0.3 is 0 Å². The highest BCUT2D eigenvalue weighted by atomic mass is 19.1. The average molecular weight is 266 g/mol. The summed E-state index contributed by atoms with van der Waals surface area (Å²) in [6.45, 7) is 0. The Morgan fingerprint density at radius 3 is 2.85 bits per heavy atom. The van der Waals surface area contributed by atoms with Crippen molar-refractivity contribution in [2.24, 2.45) is 0 Å². The van der Waals surface area contributed by atoms with Crippen molar-refractivity contribution in [2.75, 3.05) is 5.32 Å². The Balaban J connectivity index is 1.94. The summed E-state index contributed by atoms with van der Waals surface area (Å²) in [7, 11) is 0. The summed E-state index contributed by atoms with van der Waals surface area (Å²) < 4.78 is 13.6. The zero-order valence-electron chi connectivity index (χ0n) is 11.1. The van der Waals surface area contributed by atoms with Crippen LogP contribution in [0.2, 0.25) is 0 Å². The molecule has 0 radical (unpaired) electrons. The van der Waals surface area contributed by atoms with E-state index in [9.17, 15) is 4.39 Å². The van der Waals surface area contributed by atoms with Crippen LogP contribution in [0.25, 0.3) is 0 Å². The van der Waals surface area contributed by atoms with Crippen molar-refractivity contribution in [3.05, 3.63) is 65.0 Å². The van der Waals surface area contributed by atoms with E-state index in [2.05, 4.69) is 17.4 Å². The molecule has 0 aliphatic heterocycles. The van der Waals surface area contributed by atoms with Gasteiger partial charge in [-0.3, -0.25) is 0 Å². The minimum absolute atomic E-state index is 0.0931. The largest absolute Gasteiger partial charge is 0.377 e. The Morgan fingerprint density at radius 1 is 1.15 bits per heavy atom. The number of hydrogen-bond donors (Lipinski definition) is 1. The Morgan fingerprint density at radius 2 is 2.00 bits per heavy atom. The Hall–Kier alpha value is -2.34. The van der Waals surface area contributed by atoms with Crippen LogP contribution in [0.5, 0.6) is 0 Å². The topological polar surface area (TPSA) is 35.8 Å². The number of fused-ring (bicyclic) bond motifs is 1. The first-order chi connectivity index (χ1) is 9.79. The standard InChI is InChI=1S/C17H15FN2/c18-15-8-4-10-17(14(15)11-19)20-16-9-3-6-12-5-1-2-7-13(12)16/h1-2,4-5,7-8,10,16,20H,3,6,9H2. The zero-order chi connectivity index (χ0) is 13.9. The molecule has 0 saturated heterocycles. The van der Waals surface area contributed by atoms with Gasteiger partial charge in [0.25, 0.3) is 0 Å². The normalized spacial score (nSPS) is 17.1. The van der Waals surface area contributed by atoms with Gasteiger partial charge in [0.05, 0.1) is 11.7 Å². The highest BCUT2D eigenvalue weighted by Gasteiger charge is 2.20. The number of anilines is 1. The Kier molecular flexibility index (Phi) is 3.39. The van der Waals surface area contributed by atoms with Crippen molar-refractivity contribution in [3.8, 4) is 6.07 Å². The van der Waals surface area contributed by atoms with Gasteiger partial charge in [-0.1, -0.05) is 30.3 Å². The molecule has 100 valence electrons. The van der Waals surface area contributed by atoms with Crippen LogP contribution in [0.4, 0.5) is 10.1 Å². The number of rotatable bonds is 2. The molecule has 3 rings (SSSR count). The first kappa shape index (κ1) is 12.7. The van der Waals surface area contributed by atoms with Crippen LogP contribution < -0.4 is 5.32 Å². The predicted molar refractivity (Wildman–Crippen MR) is 76.9 cm³/mol. The summed E-state index contributed by atoms with van der Waals surface area (Å²) in [6.07, 6.45) is 3.19. The lowest BCUT2D eigenvalue weighted by Gasteiger charge is -2.27. The number of nitrogens with zero attached hydrogens (tertiary/aromatic N) is 1.